The van der Waals surface area contributed by atoms with Crippen molar-refractivity contribution in [2.24, 2.45) is 16.7 Å². The highest BCUT2D eigenvalue weighted by Gasteiger charge is 2.74. The average molecular weight is 344 g/mol. The van der Waals surface area contributed by atoms with E-state index >= 15 is 0 Å². The predicted molar refractivity (Wildman–Crippen MR) is 83.9 cm³/mol. The standard InChI is InChI=1S/C15H15Cl2NO4/c1-14(2)11(7-12(16)17)15(14,13(19)20)8-9-4-3-5-10(6-9)18(21)22/h3-7,11H,8H2,1-2H3,(H,19,20)/t11-,15-/m0/s1. The van der Waals surface area contributed by atoms with E-state index in [9.17, 15) is 20.0 Å². The number of nitro groups is 1. The summed E-state index contributed by atoms with van der Waals surface area (Å²) in [7, 11) is 0. The Labute approximate surface area is 137 Å². The maximum Gasteiger partial charge on any atom is 0.311 e. The molecule has 1 N–H and O–H groups in total. The first kappa shape index (κ1) is 16.8. The molecule has 1 aromatic carbocycles. The highest BCUT2D eigenvalue weighted by molar-refractivity contribution is 6.55. The maximum absolute atomic E-state index is 11.9. The molecule has 0 saturated heterocycles. The summed E-state index contributed by atoms with van der Waals surface area (Å²) in [5.41, 5.74) is -1.07. The first-order valence-corrected chi connectivity index (χ1v) is 7.38. The van der Waals surface area contributed by atoms with Crippen molar-refractivity contribution in [1.82, 2.24) is 0 Å². The summed E-state index contributed by atoms with van der Waals surface area (Å²) in [6.45, 7) is 3.66. The van der Waals surface area contributed by atoms with Crippen LogP contribution in [0.5, 0.6) is 0 Å². The second-order valence-electron chi connectivity index (χ2n) is 6.04. The molecule has 7 heteroatoms. The lowest BCUT2D eigenvalue weighted by atomic mass is 9.88. The number of hydrogen-bond acceptors (Lipinski definition) is 3. The number of benzene rings is 1. The largest absolute Gasteiger partial charge is 0.481 e. The molecular formula is C15H15Cl2NO4. The first-order chi connectivity index (χ1) is 10.1. The van der Waals surface area contributed by atoms with E-state index in [1.54, 1.807) is 12.1 Å². The number of carboxylic acid groups (broad SMARTS) is 1. The van der Waals surface area contributed by atoms with Gasteiger partial charge in [0.25, 0.3) is 5.69 Å². The van der Waals surface area contributed by atoms with Crippen LogP contribution < -0.4 is 0 Å². The van der Waals surface area contributed by atoms with Crippen LogP contribution in [0.25, 0.3) is 0 Å². The van der Waals surface area contributed by atoms with Gasteiger partial charge in [0.2, 0.25) is 0 Å². The lowest BCUT2D eigenvalue weighted by Gasteiger charge is -2.15. The molecule has 0 aliphatic heterocycles. The van der Waals surface area contributed by atoms with Gasteiger partial charge in [-0.1, -0.05) is 49.2 Å². The maximum atomic E-state index is 11.9. The summed E-state index contributed by atoms with van der Waals surface area (Å²) in [5, 5.41) is 20.6. The number of aliphatic carboxylic acids is 1. The topological polar surface area (TPSA) is 80.4 Å². The van der Waals surface area contributed by atoms with Gasteiger partial charge in [-0.25, -0.2) is 0 Å². The molecule has 1 fully saturated rings. The number of halogens is 2. The summed E-state index contributed by atoms with van der Waals surface area (Å²) < 4.78 is 0.0280. The van der Waals surface area contributed by atoms with E-state index in [2.05, 4.69) is 0 Å². The number of hydrogen-bond donors (Lipinski definition) is 1. The highest BCUT2D eigenvalue weighted by Crippen LogP contribution is 2.71. The molecule has 1 aliphatic rings. The van der Waals surface area contributed by atoms with E-state index < -0.39 is 21.7 Å². The van der Waals surface area contributed by atoms with Gasteiger partial charge in [0.05, 0.1) is 10.3 Å². The van der Waals surface area contributed by atoms with Crippen LogP contribution in [0.1, 0.15) is 19.4 Å². The van der Waals surface area contributed by atoms with Crippen molar-refractivity contribution in [3.63, 3.8) is 0 Å². The molecule has 0 unspecified atom stereocenters. The molecule has 2 atom stereocenters. The Morgan fingerprint density at radius 1 is 1.45 bits per heavy atom. The summed E-state index contributed by atoms with van der Waals surface area (Å²) in [6.07, 6.45) is 1.72. The van der Waals surface area contributed by atoms with E-state index in [1.807, 2.05) is 13.8 Å². The van der Waals surface area contributed by atoms with Gasteiger partial charge in [0.15, 0.2) is 0 Å². The van der Waals surface area contributed by atoms with E-state index in [4.69, 9.17) is 23.2 Å². The predicted octanol–water partition coefficient (Wildman–Crippen LogP) is 4.18. The fourth-order valence-electron chi connectivity index (χ4n) is 3.30. The zero-order valence-corrected chi connectivity index (χ0v) is 13.6. The molecule has 22 heavy (non-hydrogen) atoms. The van der Waals surface area contributed by atoms with Crippen LogP contribution in [0.2, 0.25) is 0 Å². The minimum atomic E-state index is -1.07. The zero-order chi connectivity index (χ0) is 16.7. The molecule has 118 valence electrons. The molecule has 0 radical (unpaired) electrons. The van der Waals surface area contributed by atoms with Gasteiger partial charge >= 0.3 is 5.97 Å². The van der Waals surface area contributed by atoms with Gasteiger partial charge in [-0.3, -0.25) is 14.9 Å². The fourth-order valence-corrected chi connectivity index (χ4v) is 3.55. The number of allylic oxidation sites excluding steroid dienone is 1. The van der Waals surface area contributed by atoms with Crippen LogP contribution in [-0.4, -0.2) is 16.0 Å². The van der Waals surface area contributed by atoms with E-state index in [0.717, 1.165) is 0 Å². The highest BCUT2D eigenvalue weighted by atomic mass is 35.5. The molecule has 1 aromatic rings. The third-order valence-corrected chi connectivity index (χ3v) is 4.91. The lowest BCUT2D eigenvalue weighted by molar-refractivity contribution is -0.384. The smallest absolute Gasteiger partial charge is 0.311 e. The van der Waals surface area contributed by atoms with Gasteiger partial charge in [0, 0.05) is 18.1 Å². The number of carbonyl (C=O) groups is 1. The quantitative estimate of drug-likeness (QED) is 0.642. The molecular weight excluding hydrogens is 329 g/mol. The Hall–Kier alpha value is -1.59. The molecule has 0 bridgehead atoms. The Balaban J connectivity index is 2.40. The van der Waals surface area contributed by atoms with Gasteiger partial charge in [-0.05, 0) is 23.5 Å². The van der Waals surface area contributed by atoms with E-state index in [1.165, 1.54) is 18.2 Å². The molecule has 0 heterocycles. The lowest BCUT2D eigenvalue weighted by Crippen LogP contribution is -2.24. The minimum Gasteiger partial charge on any atom is -0.481 e. The minimum absolute atomic E-state index is 0.0280. The van der Waals surface area contributed by atoms with E-state index in [-0.39, 0.29) is 22.5 Å². The van der Waals surface area contributed by atoms with Crippen molar-refractivity contribution in [1.29, 1.82) is 0 Å². The number of nitro benzene ring substituents is 1. The molecule has 2 rings (SSSR count). The average Bonchev–Trinajstić information content (AvgIpc) is 2.86. The SMILES string of the molecule is CC1(C)[C@H](C=C(Cl)Cl)[C@@]1(Cc1cccc([N+](=O)[O-])c1)C(=O)O. The Kier molecular flexibility index (Phi) is 4.24. The van der Waals surface area contributed by atoms with Gasteiger partial charge < -0.3 is 5.11 Å². The normalized spacial score (nSPS) is 25.4. The molecule has 0 aromatic heterocycles. The summed E-state index contributed by atoms with van der Waals surface area (Å²) >= 11 is 11.4. The second kappa shape index (κ2) is 5.56. The van der Waals surface area contributed by atoms with Crippen molar-refractivity contribution in [3.05, 3.63) is 50.5 Å². The molecule has 5 nitrogen and oxygen atoms in total. The van der Waals surface area contributed by atoms with Crippen molar-refractivity contribution in [2.45, 2.75) is 20.3 Å². The van der Waals surface area contributed by atoms with Crippen LogP contribution in [-0.2, 0) is 11.2 Å². The molecule has 0 spiro atoms. The van der Waals surface area contributed by atoms with Crippen LogP contribution in [0.15, 0.2) is 34.8 Å². The van der Waals surface area contributed by atoms with Crippen LogP contribution in [0.4, 0.5) is 5.69 Å². The third kappa shape index (κ3) is 2.59. The van der Waals surface area contributed by atoms with Crippen LogP contribution in [0, 0.1) is 26.9 Å². The molecule has 0 amide bonds. The fraction of sp³-hybridized carbons (Fsp3) is 0.400. The molecule has 1 saturated carbocycles. The summed E-state index contributed by atoms with van der Waals surface area (Å²) in [5.74, 6) is -1.29. The zero-order valence-electron chi connectivity index (χ0n) is 12.0. The van der Waals surface area contributed by atoms with Gasteiger partial charge in [-0.15, -0.1) is 0 Å². The van der Waals surface area contributed by atoms with Gasteiger partial charge in [-0.2, -0.15) is 0 Å². The summed E-state index contributed by atoms with van der Waals surface area (Å²) in [4.78, 5) is 22.2. The van der Waals surface area contributed by atoms with Crippen molar-refractivity contribution < 1.29 is 14.8 Å². The number of rotatable bonds is 5. The van der Waals surface area contributed by atoms with Crippen LogP contribution in [0.3, 0.4) is 0 Å². The number of nitrogens with zero attached hydrogens (tertiary/aromatic N) is 1. The Bertz CT molecular complexity index is 667. The van der Waals surface area contributed by atoms with Crippen molar-refractivity contribution >= 4 is 34.9 Å². The number of non-ortho nitro benzene ring substituents is 1. The Morgan fingerprint density at radius 3 is 2.59 bits per heavy atom. The number of carboxylic acids is 1. The Morgan fingerprint density at radius 2 is 2.09 bits per heavy atom. The molecule has 1 aliphatic carbocycles. The third-order valence-electron chi connectivity index (χ3n) is 4.65. The monoisotopic (exact) mass is 343 g/mol. The van der Waals surface area contributed by atoms with E-state index in [0.29, 0.717) is 5.56 Å². The summed E-state index contributed by atoms with van der Waals surface area (Å²) in [6, 6.07) is 6.02. The van der Waals surface area contributed by atoms with Crippen molar-refractivity contribution in [3.8, 4) is 0 Å². The second-order valence-corrected chi connectivity index (χ2v) is 7.04. The van der Waals surface area contributed by atoms with Crippen LogP contribution >= 0.6 is 23.2 Å². The van der Waals surface area contributed by atoms with Crippen molar-refractivity contribution in [2.75, 3.05) is 0 Å². The first-order valence-electron chi connectivity index (χ1n) is 6.62. The van der Waals surface area contributed by atoms with Gasteiger partial charge in [0.1, 0.15) is 4.49 Å².